The van der Waals surface area contributed by atoms with E-state index in [1.807, 2.05) is 18.2 Å². The first-order chi connectivity index (χ1) is 8.05. The maximum Gasteiger partial charge on any atom is 0.124 e. The second-order valence-electron chi connectivity index (χ2n) is 5.20. The van der Waals surface area contributed by atoms with Gasteiger partial charge in [0, 0.05) is 16.1 Å². The summed E-state index contributed by atoms with van der Waals surface area (Å²) in [4.78, 5) is 0. The summed E-state index contributed by atoms with van der Waals surface area (Å²) in [6.07, 6.45) is 4.45. The zero-order valence-electron chi connectivity index (χ0n) is 10.5. The van der Waals surface area contributed by atoms with Crippen molar-refractivity contribution in [2.45, 2.75) is 38.1 Å². The molecule has 1 aliphatic rings. The molecule has 1 saturated carbocycles. The van der Waals surface area contributed by atoms with E-state index in [-0.39, 0.29) is 5.54 Å². The molecule has 2 rings (SSSR count). The highest BCUT2D eigenvalue weighted by Gasteiger charge is 2.35. The Balaban J connectivity index is 2.40. The maximum absolute atomic E-state index is 6.58. The van der Waals surface area contributed by atoms with Crippen LogP contribution in [0.3, 0.4) is 0 Å². The Morgan fingerprint density at radius 2 is 2.24 bits per heavy atom. The minimum atomic E-state index is -0.284. The van der Waals surface area contributed by atoms with E-state index in [4.69, 9.17) is 22.1 Å². The van der Waals surface area contributed by atoms with Gasteiger partial charge >= 0.3 is 0 Å². The maximum atomic E-state index is 6.58. The predicted octanol–water partition coefficient (Wildman–Crippen LogP) is 3.71. The van der Waals surface area contributed by atoms with Crippen molar-refractivity contribution < 1.29 is 4.74 Å². The molecule has 0 radical (unpaired) electrons. The summed E-state index contributed by atoms with van der Waals surface area (Å²) in [7, 11) is 1.68. The lowest BCUT2D eigenvalue weighted by molar-refractivity contribution is 0.232. The van der Waals surface area contributed by atoms with Gasteiger partial charge in [-0.3, -0.25) is 0 Å². The average molecular weight is 254 g/mol. The van der Waals surface area contributed by atoms with Crippen LogP contribution in [0.25, 0.3) is 0 Å². The fourth-order valence-electron chi connectivity index (χ4n) is 2.91. The first-order valence-electron chi connectivity index (χ1n) is 6.18. The Labute approximate surface area is 108 Å². The number of rotatable bonds is 2. The number of methoxy groups -OCH3 is 1. The summed E-state index contributed by atoms with van der Waals surface area (Å²) in [6, 6.07) is 5.71. The molecule has 2 unspecified atom stereocenters. The van der Waals surface area contributed by atoms with Crippen LogP contribution >= 0.6 is 11.6 Å². The smallest absolute Gasteiger partial charge is 0.124 e. The molecule has 1 aliphatic carbocycles. The van der Waals surface area contributed by atoms with Gasteiger partial charge in [0.25, 0.3) is 0 Å². The normalized spacial score (nSPS) is 29.1. The van der Waals surface area contributed by atoms with Crippen LogP contribution in [0, 0.1) is 5.92 Å². The lowest BCUT2D eigenvalue weighted by Gasteiger charge is -2.38. The quantitative estimate of drug-likeness (QED) is 0.872. The molecule has 2 N–H and O–H groups in total. The Kier molecular flexibility index (Phi) is 3.64. The fraction of sp³-hybridized carbons (Fsp3) is 0.571. The molecule has 1 aromatic rings. The van der Waals surface area contributed by atoms with Crippen molar-refractivity contribution in [3.05, 3.63) is 28.8 Å². The largest absolute Gasteiger partial charge is 0.496 e. The number of nitrogens with two attached hydrogens (primary N) is 1. The molecule has 0 saturated heterocycles. The van der Waals surface area contributed by atoms with Crippen molar-refractivity contribution in [1.82, 2.24) is 0 Å². The van der Waals surface area contributed by atoms with E-state index in [0.717, 1.165) is 29.2 Å². The third-order valence-corrected chi connectivity index (χ3v) is 3.97. The van der Waals surface area contributed by atoms with Crippen LogP contribution in [0.1, 0.15) is 38.2 Å². The van der Waals surface area contributed by atoms with E-state index in [1.165, 1.54) is 12.8 Å². The van der Waals surface area contributed by atoms with E-state index in [1.54, 1.807) is 7.11 Å². The zero-order valence-corrected chi connectivity index (χ0v) is 11.3. The lowest BCUT2D eigenvalue weighted by Crippen LogP contribution is -2.41. The number of hydrogen-bond donors (Lipinski definition) is 1. The lowest BCUT2D eigenvalue weighted by atomic mass is 9.73. The van der Waals surface area contributed by atoms with Gasteiger partial charge in [0.15, 0.2) is 0 Å². The molecule has 2 nitrogen and oxygen atoms in total. The van der Waals surface area contributed by atoms with Gasteiger partial charge in [-0.1, -0.05) is 31.4 Å². The highest BCUT2D eigenvalue weighted by molar-refractivity contribution is 6.30. The molecule has 2 atom stereocenters. The van der Waals surface area contributed by atoms with Gasteiger partial charge in [0.2, 0.25) is 0 Å². The average Bonchev–Trinajstić information content (AvgIpc) is 2.28. The second-order valence-corrected chi connectivity index (χ2v) is 5.64. The van der Waals surface area contributed by atoms with Crippen molar-refractivity contribution in [1.29, 1.82) is 0 Å². The molecular weight excluding hydrogens is 234 g/mol. The van der Waals surface area contributed by atoms with E-state index in [0.29, 0.717) is 5.92 Å². The molecule has 0 spiro atoms. The Morgan fingerprint density at radius 3 is 2.88 bits per heavy atom. The SMILES string of the molecule is COc1ccc(Cl)cc1C1(N)CCCC(C)C1. The summed E-state index contributed by atoms with van der Waals surface area (Å²) < 4.78 is 5.42. The van der Waals surface area contributed by atoms with Crippen molar-refractivity contribution in [3.63, 3.8) is 0 Å². The number of benzene rings is 1. The fourth-order valence-corrected chi connectivity index (χ4v) is 3.08. The Bertz CT molecular complexity index is 407. The zero-order chi connectivity index (χ0) is 12.5. The summed E-state index contributed by atoms with van der Waals surface area (Å²) in [5, 5.41) is 0.726. The summed E-state index contributed by atoms with van der Waals surface area (Å²) >= 11 is 6.08. The molecule has 0 aromatic heterocycles. The van der Waals surface area contributed by atoms with Gasteiger partial charge in [0.05, 0.1) is 7.11 Å². The van der Waals surface area contributed by atoms with Crippen LogP contribution in [0.2, 0.25) is 5.02 Å². The van der Waals surface area contributed by atoms with Gasteiger partial charge < -0.3 is 10.5 Å². The summed E-state index contributed by atoms with van der Waals surface area (Å²) in [5.41, 5.74) is 7.35. The first-order valence-corrected chi connectivity index (χ1v) is 6.56. The molecule has 1 aromatic carbocycles. The summed E-state index contributed by atoms with van der Waals surface area (Å²) in [6.45, 7) is 2.26. The van der Waals surface area contributed by atoms with Crippen LogP contribution in [-0.2, 0) is 5.54 Å². The minimum absolute atomic E-state index is 0.284. The second kappa shape index (κ2) is 4.87. The molecule has 94 valence electrons. The van der Waals surface area contributed by atoms with Crippen molar-refractivity contribution in [3.8, 4) is 5.75 Å². The topological polar surface area (TPSA) is 35.2 Å². The van der Waals surface area contributed by atoms with Gasteiger partial charge in [-0.25, -0.2) is 0 Å². The van der Waals surface area contributed by atoms with Crippen LogP contribution in [0.4, 0.5) is 0 Å². The van der Waals surface area contributed by atoms with E-state index >= 15 is 0 Å². The number of ether oxygens (including phenoxy) is 1. The van der Waals surface area contributed by atoms with Crippen molar-refractivity contribution in [2.24, 2.45) is 11.7 Å². The first kappa shape index (κ1) is 12.7. The molecule has 17 heavy (non-hydrogen) atoms. The molecule has 0 amide bonds. The molecular formula is C14H20ClNO. The van der Waals surface area contributed by atoms with Crippen LogP contribution in [-0.4, -0.2) is 7.11 Å². The third-order valence-electron chi connectivity index (χ3n) is 3.73. The molecule has 0 heterocycles. The molecule has 0 aliphatic heterocycles. The van der Waals surface area contributed by atoms with Gasteiger partial charge in [-0.2, -0.15) is 0 Å². The molecule has 3 heteroatoms. The van der Waals surface area contributed by atoms with Crippen molar-refractivity contribution >= 4 is 11.6 Å². The molecule has 1 fully saturated rings. The summed E-state index contributed by atoms with van der Waals surface area (Å²) in [5.74, 6) is 1.52. The third kappa shape index (κ3) is 2.58. The van der Waals surface area contributed by atoms with E-state index in [2.05, 4.69) is 6.92 Å². The van der Waals surface area contributed by atoms with Gasteiger partial charge in [-0.15, -0.1) is 0 Å². The molecule has 0 bridgehead atoms. The van der Waals surface area contributed by atoms with E-state index < -0.39 is 0 Å². The van der Waals surface area contributed by atoms with Gasteiger partial charge in [0.1, 0.15) is 5.75 Å². The van der Waals surface area contributed by atoms with Crippen molar-refractivity contribution in [2.75, 3.05) is 7.11 Å². The Morgan fingerprint density at radius 1 is 1.47 bits per heavy atom. The highest BCUT2D eigenvalue weighted by atomic mass is 35.5. The van der Waals surface area contributed by atoms with Crippen LogP contribution in [0.15, 0.2) is 18.2 Å². The number of hydrogen-bond acceptors (Lipinski definition) is 2. The predicted molar refractivity (Wildman–Crippen MR) is 71.5 cm³/mol. The van der Waals surface area contributed by atoms with Crippen LogP contribution in [0.5, 0.6) is 5.75 Å². The van der Waals surface area contributed by atoms with E-state index in [9.17, 15) is 0 Å². The van der Waals surface area contributed by atoms with Gasteiger partial charge in [-0.05, 0) is 37.0 Å². The Hall–Kier alpha value is -0.730. The minimum Gasteiger partial charge on any atom is -0.496 e. The monoisotopic (exact) mass is 253 g/mol. The van der Waals surface area contributed by atoms with Crippen LogP contribution < -0.4 is 10.5 Å². The highest BCUT2D eigenvalue weighted by Crippen LogP contribution is 2.42. The number of halogens is 1. The standard InChI is InChI=1S/C14H20ClNO/c1-10-4-3-7-14(16,9-10)12-8-11(15)5-6-13(12)17-2/h5-6,8,10H,3-4,7,9,16H2,1-2H3.